The summed E-state index contributed by atoms with van der Waals surface area (Å²) in [7, 11) is -3.20. The van der Waals surface area contributed by atoms with Crippen LogP contribution in [0.2, 0.25) is 0 Å². The summed E-state index contributed by atoms with van der Waals surface area (Å²) in [6, 6.07) is 0. The van der Waals surface area contributed by atoms with Gasteiger partial charge in [-0.2, -0.15) is 0 Å². The third-order valence-corrected chi connectivity index (χ3v) is 4.18. The van der Waals surface area contributed by atoms with Gasteiger partial charge in [0.15, 0.2) is 5.78 Å². The lowest BCUT2D eigenvalue weighted by atomic mass is 10.1. The zero-order chi connectivity index (χ0) is 14.7. The van der Waals surface area contributed by atoms with E-state index in [4.69, 9.17) is 9.05 Å². The third kappa shape index (κ3) is 8.93. The molecule has 0 saturated carbocycles. The molecule has 19 heavy (non-hydrogen) atoms. The van der Waals surface area contributed by atoms with Crippen LogP contribution in [0.3, 0.4) is 0 Å². The number of carbonyl (C=O) groups excluding carboxylic acids is 1. The van der Waals surface area contributed by atoms with Crippen LogP contribution in [0, 0.1) is 0 Å². The van der Waals surface area contributed by atoms with Crippen molar-refractivity contribution in [2.75, 3.05) is 13.2 Å². The van der Waals surface area contributed by atoms with E-state index in [0.717, 1.165) is 24.8 Å². The highest BCUT2D eigenvalue weighted by atomic mass is 31.2. The highest BCUT2D eigenvalue weighted by Crippen LogP contribution is 2.51. The van der Waals surface area contributed by atoms with Crippen LogP contribution in [0.4, 0.5) is 0 Å². The Labute approximate surface area is 116 Å². The lowest BCUT2D eigenvalue weighted by molar-refractivity contribution is -0.112. The average Bonchev–Trinajstić information content (AvgIpc) is 2.33. The maximum absolute atomic E-state index is 12.4. The fraction of sp³-hybridized carbons (Fsp3) is 0.643. The summed E-state index contributed by atoms with van der Waals surface area (Å²) in [5, 5.41) is 0. The van der Waals surface area contributed by atoms with E-state index < -0.39 is 7.60 Å². The van der Waals surface area contributed by atoms with E-state index in [-0.39, 0.29) is 5.78 Å². The number of unbranched alkanes of at least 4 members (excludes halogenated alkanes) is 1. The van der Waals surface area contributed by atoms with Crippen molar-refractivity contribution in [3.8, 4) is 0 Å². The Morgan fingerprint density at radius 2 is 1.68 bits per heavy atom. The van der Waals surface area contributed by atoms with E-state index in [9.17, 15) is 9.36 Å². The zero-order valence-corrected chi connectivity index (χ0v) is 13.2. The Bertz CT molecular complexity index is 362. The maximum Gasteiger partial charge on any atom is 0.354 e. The first kappa shape index (κ1) is 18.3. The fourth-order valence-corrected chi connectivity index (χ4v) is 3.04. The molecule has 0 aliphatic heterocycles. The van der Waals surface area contributed by atoms with Crippen LogP contribution in [0.25, 0.3) is 0 Å². The summed E-state index contributed by atoms with van der Waals surface area (Å²) < 4.78 is 22.8. The fourth-order valence-electron chi connectivity index (χ4n) is 1.47. The average molecular weight is 288 g/mol. The second-order valence-corrected chi connectivity index (χ2v) is 5.98. The number of rotatable bonds is 10. The molecule has 0 atom stereocenters. The number of hydrogen-bond acceptors (Lipinski definition) is 4. The Morgan fingerprint density at radius 3 is 2.11 bits per heavy atom. The van der Waals surface area contributed by atoms with Crippen molar-refractivity contribution in [2.45, 2.75) is 47.0 Å². The van der Waals surface area contributed by atoms with Crippen LogP contribution in [0.15, 0.2) is 23.5 Å². The second kappa shape index (κ2) is 10.1. The van der Waals surface area contributed by atoms with Crippen LogP contribution >= 0.6 is 7.60 Å². The standard InChI is InChI=1S/C14H25O4P/c1-5-8-9-14(11-10-13(4)15)12-19(16,17-6-2)18-7-3/h10-12H,5-9H2,1-4H3/b11-10+,14-12+. The van der Waals surface area contributed by atoms with Crippen molar-refractivity contribution >= 4 is 13.4 Å². The number of allylic oxidation sites excluding steroid dienone is 3. The predicted molar refractivity (Wildman–Crippen MR) is 78.3 cm³/mol. The van der Waals surface area contributed by atoms with E-state index in [2.05, 4.69) is 6.92 Å². The van der Waals surface area contributed by atoms with Crippen molar-refractivity contribution in [2.24, 2.45) is 0 Å². The lowest BCUT2D eigenvalue weighted by Gasteiger charge is -2.14. The molecule has 0 bridgehead atoms. The van der Waals surface area contributed by atoms with Gasteiger partial charge in [-0.3, -0.25) is 9.36 Å². The van der Waals surface area contributed by atoms with Gasteiger partial charge in [-0.15, -0.1) is 0 Å². The molecule has 0 aromatic heterocycles. The lowest BCUT2D eigenvalue weighted by Crippen LogP contribution is -1.94. The summed E-state index contributed by atoms with van der Waals surface area (Å²) in [6.45, 7) is 7.76. The van der Waals surface area contributed by atoms with Crippen molar-refractivity contribution in [1.29, 1.82) is 0 Å². The van der Waals surface area contributed by atoms with Crippen LogP contribution in [-0.4, -0.2) is 19.0 Å². The molecular formula is C14H25O4P. The van der Waals surface area contributed by atoms with Gasteiger partial charge in [0.25, 0.3) is 0 Å². The SMILES string of the molecule is CCCCC(/C=C/C(C)=O)=C\P(=O)(OCC)OCC. The summed E-state index contributed by atoms with van der Waals surface area (Å²) >= 11 is 0. The Hall–Kier alpha value is -0.700. The molecule has 0 heterocycles. The van der Waals surface area contributed by atoms with E-state index in [0.29, 0.717) is 13.2 Å². The summed E-state index contributed by atoms with van der Waals surface area (Å²) in [6.07, 6.45) is 5.92. The maximum atomic E-state index is 12.4. The molecule has 0 aromatic carbocycles. The molecular weight excluding hydrogens is 263 g/mol. The minimum atomic E-state index is -3.20. The molecule has 0 N–H and O–H groups in total. The molecule has 0 aliphatic rings. The first-order valence-corrected chi connectivity index (χ1v) is 8.37. The van der Waals surface area contributed by atoms with Gasteiger partial charge in [-0.1, -0.05) is 19.4 Å². The van der Waals surface area contributed by atoms with Crippen LogP contribution in [-0.2, 0) is 18.4 Å². The minimum absolute atomic E-state index is 0.0370. The van der Waals surface area contributed by atoms with Crippen molar-refractivity contribution in [1.82, 2.24) is 0 Å². The molecule has 0 aliphatic carbocycles. The molecule has 0 spiro atoms. The largest absolute Gasteiger partial charge is 0.354 e. The van der Waals surface area contributed by atoms with Gasteiger partial charge in [0.1, 0.15) is 0 Å². The highest BCUT2D eigenvalue weighted by molar-refractivity contribution is 7.57. The van der Waals surface area contributed by atoms with E-state index in [1.54, 1.807) is 19.9 Å². The molecule has 0 aromatic rings. The van der Waals surface area contributed by atoms with Crippen LogP contribution in [0.1, 0.15) is 47.0 Å². The molecule has 0 rings (SSSR count). The van der Waals surface area contributed by atoms with Gasteiger partial charge in [0, 0.05) is 5.82 Å². The van der Waals surface area contributed by atoms with Gasteiger partial charge in [0.2, 0.25) is 0 Å². The monoisotopic (exact) mass is 288 g/mol. The van der Waals surface area contributed by atoms with Crippen LogP contribution < -0.4 is 0 Å². The number of carbonyl (C=O) groups is 1. The van der Waals surface area contributed by atoms with Gasteiger partial charge in [-0.05, 0) is 45.3 Å². The van der Waals surface area contributed by atoms with Gasteiger partial charge < -0.3 is 9.05 Å². The Kier molecular flexibility index (Phi) is 9.76. The minimum Gasteiger partial charge on any atom is -0.306 e. The predicted octanol–water partition coefficient (Wildman–Crippen LogP) is 4.47. The van der Waals surface area contributed by atoms with E-state index >= 15 is 0 Å². The molecule has 4 nitrogen and oxygen atoms in total. The van der Waals surface area contributed by atoms with Gasteiger partial charge in [0.05, 0.1) is 13.2 Å². The topological polar surface area (TPSA) is 52.6 Å². The summed E-state index contributed by atoms with van der Waals surface area (Å²) in [5.41, 5.74) is 0.822. The van der Waals surface area contributed by atoms with Gasteiger partial charge >= 0.3 is 7.60 Å². The molecule has 0 amide bonds. The normalized spacial score (nSPS) is 13.2. The molecule has 0 fully saturated rings. The second-order valence-electron chi connectivity index (χ2n) is 4.13. The van der Waals surface area contributed by atoms with Gasteiger partial charge in [-0.25, -0.2) is 0 Å². The summed E-state index contributed by atoms with van der Waals surface area (Å²) in [4.78, 5) is 11.0. The molecule has 0 unspecified atom stereocenters. The molecule has 0 radical (unpaired) electrons. The van der Waals surface area contributed by atoms with E-state index in [1.807, 2.05) is 0 Å². The van der Waals surface area contributed by atoms with Crippen LogP contribution in [0.5, 0.6) is 0 Å². The van der Waals surface area contributed by atoms with Crippen molar-refractivity contribution < 1.29 is 18.4 Å². The van der Waals surface area contributed by atoms with E-state index in [1.165, 1.54) is 18.8 Å². The first-order valence-electron chi connectivity index (χ1n) is 6.76. The number of hydrogen-bond donors (Lipinski definition) is 0. The molecule has 110 valence electrons. The van der Waals surface area contributed by atoms with Crippen molar-refractivity contribution in [3.63, 3.8) is 0 Å². The quantitative estimate of drug-likeness (QED) is 0.338. The first-order chi connectivity index (χ1) is 8.97. The molecule has 5 heteroatoms. The summed E-state index contributed by atoms with van der Waals surface area (Å²) in [5.74, 6) is 1.50. The highest BCUT2D eigenvalue weighted by Gasteiger charge is 2.20. The smallest absolute Gasteiger partial charge is 0.306 e. The third-order valence-electron chi connectivity index (χ3n) is 2.29. The zero-order valence-electron chi connectivity index (χ0n) is 12.3. The Morgan fingerprint density at radius 1 is 1.11 bits per heavy atom. The molecule has 0 saturated heterocycles. The Balaban J connectivity index is 5.10. The number of ketones is 1. The van der Waals surface area contributed by atoms with Crippen molar-refractivity contribution in [3.05, 3.63) is 23.5 Å².